The highest BCUT2D eigenvalue weighted by Gasteiger charge is 2.10. The van der Waals surface area contributed by atoms with E-state index in [4.69, 9.17) is 10.8 Å². The number of rotatable bonds is 4. The Labute approximate surface area is 110 Å². The number of aromatic nitrogens is 2. The average molecular weight is 260 g/mol. The summed E-state index contributed by atoms with van der Waals surface area (Å²) in [6.45, 7) is 1.81. The van der Waals surface area contributed by atoms with Crippen molar-refractivity contribution in [2.75, 3.05) is 12.3 Å². The van der Waals surface area contributed by atoms with Gasteiger partial charge in [0, 0.05) is 18.4 Å². The Morgan fingerprint density at radius 1 is 1.42 bits per heavy atom. The van der Waals surface area contributed by atoms with Crippen LogP contribution in [-0.2, 0) is 0 Å². The number of amides is 1. The summed E-state index contributed by atoms with van der Waals surface area (Å²) in [5, 5.41) is 15.9. The average Bonchev–Trinajstić information content (AvgIpc) is 2.86. The van der Waals surface area contributed by atoms with Gasteiger partial charge in [-0.05, 0) is 37.3 Å². The molecule has 2 rings (SSSR count). The summed E-state index contributed by atoms with van der Waals surface area (Å²) in [7, 11) is 0. The molecule has 4 N–H and O–H groups in total. The molecule has 6 nitrogen and oxygen atoms in total. The molecule has 0 spiro atoms. The number of aliphatic hydroxyl groups excluding tert-OH is 1. The van der Waals surface area contributed by atoms with Gasteiger partial charge < -0.3 is 16.2 Å². The summed E-state index contributed by atoms with van der Waals surface area (Å²) in [6.07, 6.45) is 1.12. The zero-order chi connectivity index (χ0) is 13.8. The second-order valence-corrected chi connectivity index (χ2v) is 4.30. The van der Waals surface area contributed by atoms with Crippen molar-refractivity contribution in [3.05, 3.63) is 42.2 Å². The lowest BCUT2D eigenvalue weighted by Crippen LogP contribution is -2.30. The third-order valence-electron chi connectivity index (χ3n) is 2.54. The first-order valence-corrected chi connectivity index (χ1v) is 5.94. The number of nitrogens with zero attached hydrogens (tertiary/aromatic N) is 2. The maximum atomic E-state index is 11.7. The van der Waals surface area contributed by atoms with E-state index in [2.05, 4.69) is 10.4 Å². The Balaban J connectivity index is 2.10. The molecule has 1 amide bonds. The lowest BCUT2D eigenvalue weighted by molar-refractivity contribution is 0.0918. The number of carbonyl (C=O) groups is 1. The van der Waals surface area contributed by atoms with Gasteiger partial charge in [-0.3, -0.25) is 4.79 Å². The van der Waals surface area contributed by atoms with Gasteiger partial charge in [0.05, 0.1) is 11.8 Å². The number of nitrogens with one attached hydrogen (secondary N) is 1. The molecule has 1 atom stereocenters. The highest BCUT2D eigenvalue weighted by Crippen LogP contribution is 2.10. The minimum Gasteiger partial charge on any atom is -0.399 e. The van der Waals surface area contributed by atoms with Crippen LogP contribution in [0.3, 0.4) is 0 Å². The largest absolute Gasteiger partial charge is 0.399 e. The number of nitrogens with two attached hydrogens (primary N) is 1. The van der Waals surface area contributed by atoms with Gasteiger partial charge in [0.25, 0.3) is 5.91 Å². The molecule has 0 aliphatic rings. The Kier molecular flexibility index (Phi) is 3.82. The molecule has 100 valence electrons. The van der Waals surface area contributed by atoms with Crippen molar-refractivity contribution in [1.82, 2.24) is 15.1 Å². The first-order valence-electron chi connectivity index (χ1n) is 5.94. The first kappa shape index (κ1) is 13.1. The van der Waals surface area contributed by atoms with E-state index in [9.17, 15) is 4.79 Å². The van der Waals surface area contributed by atoms with Gasteiger partial charge in [0.15, 0.2) is 5.69 Å². The molecule has 0 radical (unpaired) electrons. The van der Waals surface area contributed by atoms with Crippen LogP contribution in [0.25, 0.3) is 5.69 Å². The van der Waals surface area contributed by atoms with Crippen molar-refractivity contribution in [2.24, 2.45) is 0 Å². The molecule has 0 bridgehead atoms. The van der Waals surface area contributed by atoms with Crippen molar-refractivity contribution in [2.45, 2.75) is 13.0 Å². The number of nitrogen functional groups attached to an aromatic ring is 1. The summed E-state index contributed by atoms with van der Waals surface area (Å²) in [5.41, 5.74) is 7.41. The normalized spacial score (nSPS) is 12.1. The van der Waals surface area contributed by atoms with Crippen LogP contribution in [-0.4, -0.2) is 33.4 Å². The smallest absolute Gasteiger partial charge is 0.271 e. The van der Waals surface area contributed by atoms with Crippen molar-refractivity contribution in [1.29, 1.82) is 0 Å². The van der Waals surface area contributed by atoms with Crippen molar-refractivity contribution < 1.29 is 9.90 Å². The second kappa shape index (κ2) is 5.53. The lowest BCUT2D eigenvalue weighted by Gasteiger charge is -2.05. The van der Waals surface area contributed by atoms with Gasteiger partial charge in [-0.2, -0.15) is 5.10 Å². The SMILES string of the molecule is C[C@H](O)CNC(=O)c1ccn(-c2ccc(N)cc2)n1. The Morgan fingerprint density at radius 2 is 2.11 bits per heavy atom. The molecule has 0 unspecified atom stereocenters. The maximum absolute atomic E-state index is 11.7. The zero-order valence-corrected chi connectivity index (χ0v) is 10.6. The van der Waals surface area contributed by atoms with E-state index in [1.807, 2.05) is 12.1 Å². The summed E-state index contributed by atoms with van der Waals surface area (Å²) in [5.74, 6) is -0.310. The Hall–Kier alpha value is -2.34. The van der Waals surface area contributed by atoms with Crippen LogP contribution < -0.4 is 11.1 Å². The van der Waals surface area contributed by atoms with Gasteiger partial charge >= 0.3 is 0 Å². The summed E-state index contributed by atoms with van der Waals surface area (Å²) in [6, 6.07) is 8.79. The fourth-order valence-electron chi connectivity index (χ4n) is 1.55. The molecule has 1 aromatic heterocycles. The molecule has 0 aliphatic carbocycles. The summed E-state index contributed by atoms with van der Waals surface area (Å²) in [4.78, 5) is 11.7. The van der Waals surface area contributed by atoms with Crippen LogP contribution >= 0.6 is 0 Å². The fraction of sp³-hybridized carbons (Fsp3) is 0.231. The van der Waals surface area contributed by atoms with Gasteiger partial charge in [-0.1, -0.05) is 0 Å². The molecule has 0 fully saturated rings. The molecule has 1 heterocycles. The van der Waals surface area contributed by atoms with Gasteiger partial charge in [-0.25, -0.2) is 4.68 Å². The van der Waals surface area contributed by atoms with E-state index < -0.39 is 6.10 Å². The molecule has 0 saturated carbocycles. The van der Waals surface area contributed by atoms with Crippen LogP contribution in [0.5, 0.6) is 0 Å². The lowest BCUT2D eigenvalue weighted by atomic mass is 10.3. The second-order valence-electron chi connectivity index (χ2n) is 4.30. The van der Waals surface area contributed by atoms with Crippen LogP contribution in [0, 0.1) is 0 Å². The predicted octanol–water partition coefficient (Wildman–Crippen LogP) is 0.565. The number of aliphatic hydroxyl groups is 1. The highest BCUT2D eigenvalue weighted by atomic mass is 16.3. The third-order valence-corrected chi connectivity index (χ3v) is 2.54. The molecular formula is C13H16N4O2. The summed E-state index contributed by atoms with van der Waals surface area (Å²) < 4.78 is 1.59. The number of hydrogen-bond acceptors (Lipinski definition) is 4. The van der Waals surface area contributed by atoms with E-state index in [0.717, 1.165) is 5.69 Å². The highest BCUT2D eigenvalue weighted by molar-refractivity contribution is 5.92. The standard InChI is InChI=1S/C13H16N4O2/c1-9(18)8-15-13(19)12-6-7-17(16-12)11-4-2-10(14)3-5-11/h2-7,9,18H,8,14H2,1H3,(H,15,19)/t9-/m0/s1. The molecule has 1 aromatic carbocycles. The molecule has 2 aromatic rings. The van der Waals surface area contributed by atoms with Crippen molar-refractivity contribution in [3.8, 4) is 5.69 Å². The van der Waals surface area contributed by atoms with E-state index >= 15 is 0 Å². The number of carbonyl (C=O) groups excluding carboxylic acids is 1. The molecule has 19 heavy (non-hydrogen) atoms. The molecule has 0 aliphatic heterocycles. The van der Waals surface area contributed by atoms with E-state index in [1.165, 1.54) is 0 Å². The summed E-state index contributed by atoms with van der Waals surface area (Å²) >= 11 is 0. The molecule has 6 heteroatoms. The first-order chi connectivity index (χ1) is 9.06. The Bertz CT molecular complexity index is 560. The monoisotopic (exact) mass is 260 g/mol. The van der Waals surface area contributed by atoms with Gasteiger partial charge in [0.1, 0.15) is 0 Å². The fourth-order valence-corrected chi connectivity index (χ4v) is 1.55. The zero-order valence-electron chi connectivity index (χ0n) is 10.6. The number of hydrogen-bond donors (Lipinski definition) is 3. The van der Waals surface area contributed by atoms with Gasteiger partial charge in [0.2, 0.25) is 0 Å². The van der Waals surface area contributed by atoms with Crippen molar-refractivity contribution in [3.63, 3.8) is 0 Å². The maximum Gasteiger partial charge on any atom is 0.271 e. The quantitative estimate of drug-likeness (QED) is 0.700. The van der Waals surface area contributed by atoms with E-state index in [0.29, 0.717) is 11.4 Å². The van der Waals surface area contributed by atoms with Crippen LogP contribution in [0.15, 0.2) is 36.5 Å². The molecule has 0 saturated heterocycles. The van der Waals surface area contributed by atoms with E-state index in [-0.39, 0.29) is 12.5 Å². The van der Waals surface area contributed by atoms with Crippen molar-refractivity contribution >= 4 is 11.6 Å². The van der Waals surface area contributed by atoms with Crippen LogP contribution in [0.2, 0.25) is 0 Å². The number of anilines is 1. The van der Waals surface area contributed by atoms with Crippen LogP contribution in [0.4, 0.5) is 5.69 Å². The Morgan fingerprint density at radius 3 is 2.74 bits per heavy atom. The minimum atomic E-state index is -0.580. The predicted molar refractivity (Wildman–Crippen MR) is 72.0 cm³/mol. The van der Waals surface area contributed by atoms with Gasteiger partial charge in [-0.15, -0.1) is 0 Å². The van der Waals surface area contributed by atoms with E-state index in [1.54, 1.807) is 36.0 Å². The minimum absolute atomic E-state index is 0.202. The number of benzene rings is 1. The topological polar surface area (TPSA) is 93.2 Å². The third kappa shape index (κ3) is 3.32. The molecular weight excluding hydrogens is 244 g/mol. The van der Waals surface area contributed by atoms with Crippen LogP contribution in [0.1, 0.15) is 17.4 Å².